The van der Waals surface area contributed by atoms with Crippen LogP contribution in [0.25, 0.3) is 0 Å². The van der Waals surface area contributed by atoms with E-state index in [1.165, 1.54) is 12.8 Å². The Hall–Kier alpha value is -1.64. The summed E-state index contributed by atoms with van der Waals surface area (Å²) < 4.78 is 19.3. The van der Waals surface area contributed by atoms with Crippen molar-refractivity contribution in [3.8, 4) is 0 Å². The summed E-state index contributed by atoms with van der Waals surface area (Å²) in [6, 6.07) is 0.388. The van der Waals surface area contributed by atoms with E-state index in [-0.39, 0.29) is 5.75 Å². The van der Waals surface area contributed by atoms with E-state index in [2.05, 4.69) is 25.7 Å². The first-order valence-corrected chi connectivity index (χ1v) is 9.22. The predicted octanol–water partition coefficient (Wildman–Crippen LogP) is 1.50. The minimum absolute atomic E-state index is 0.261. The quantitative estimate of drug-likeness (QED) is 0.794. The first-order valence-electron chi connectivity index (χ1n) is 7.74. The van der Waals surface area contributed by atoms with Crippen LogP contribution in [0.2, 0.25) is 0 Å². The van der Waals surface area contributed by atoms with Crippen LogP contribution in [0.1, 0.15) is 68.0 Å². The molecule has 0 aliphatic heterocycles. The van der Waals surface area contributed by atoms with Gasteiger partial charge in [0.15, 0.2) is 11.6 Å². The van der Waals surface area contributed by atoms with Crippen LogP contribution in [0.5, 0.6) is 0 Å². The average molecular weight is 322 g/mol. The Morgan fingerprint density at radius 1 is 1.18 bits per heavy atom. The molecule has 2 aliphatic carbocycles. The highest BCUT2D eigenvalue weighted by molar-refractivity contribution is 7.83. The van der Waals surface area contributed by atoms with E-state index >= 15 is 0 Å². The lowest BCUT2D eigenvalue weighted by atomic mass is 10.1. The van der Waals surface area contributed by atoms with Crippen molar-refractivity contribution in [1.82, 2.24) is 30.3 Å². The Bertz CT molecular complexity index is 674. The van der Waals surface area contributed by atoms with Crippen molar-refractivity contribution in [2.24, 2.45) is 0 Å². The number of hydrogen-bond acceptors (Lipinski definition) is 7. The van der Waals surface area contributed by atoms with Crippen LogP contribution in [0, 0.1) is 0 Å². The summed E-state index contributed by atoms with van der Waals surface area (Å²) in [5.74, 6) is 2.89. The highest BCUT2D eigenvalue weighted by atomic mass is 32.2. The third-order valence-electron chi connectivity index (χ3n) is 4.23. The number of hydrogen-bond donors (Lipinski definition) is 0. The highest BCUT2D eigenvalue weighted by Crippen LogP contribution is 2.34. The van der Waals surface area contributed by atoms with Crippen LogP contribution in [-0.2, 0) is 22.3 Å². The summed E-state index contributed by atoms with van der Waals surface area (Å²) in [6.45, 7) is 0. The van der Waals surface area contributed by atoms with Gasteiger partial charge in [-0.1, -0.05) is 18.0 Å². The normalized spacial score (nSPS) is 20.5. The van der Waals surface area contributed by atoms with Crippen molar-refractivity contribution in [2.45, 2.75) is 62.0 Å². The molecular weight excluding hydrogens is 304 g/mol. The van der Waals surface area contributed by atoms with Crippen molar-refractivity contribution in [3.63, 3.8) is 0 Å². The molecule has 1 unspecified atom stereocenters. The summed E-state index contributed by atoms with van der Waals surface area (Å²) in [5.41, 5.74) is 0. The fraction of sp³-hybridized carbons (Fsp3) is 0.769. The van der Waals surface area contributed by atoms with E-state index in [4.69, 9.17) is 4.52 Å². The topological polar surface area (TPSA) is 99.6 Å². The molecule has 2 aromatic rings. The van der Waals surface area contributed by atoms with Crippen molar-refractivity contribution in [1.29, 1.82) is 0 Å². The molecule has 0 radical (unpaired) electrons. The van der Waals surface area contributed by atoms with Gasteiger partial charge in [0.2, 0.25) is 5.89 Å². The van der Waals surface area contributed by atoms with Gasteiger partial charge in [-0.25, -0.2) is 4.68 Å². The summed E-state index contributed by atoms with van der Waals surface area (Å²) >= 11 is 0. The van der Waals surface area contributed by atoms with Gasteiger partial charge in [-0.2, -0.15) is 4.98 Å². The molecule has 4 rings (SSSR count). The van der Waals surface area contributed by atoms with Crippen LogP contribution < -0.4 is 0 Å². The molecule has 0 N–H and O–H groups in total. The first kappa shape index (κ1) is 14.0. The molecule has 9 heteroatoms. The molecule has 2 aromatic heterocycles. The maximum Gasteiger partial charge on any atom is 0.239 e. The second kappa shape index (κ2) is 5.86. The van der Waals surface area contributed by atoms with E-state index in [0.717, 1.165) is 31.5 Å². The number of nitrogens with zero attached hydrogens (tertiary/aromatic N) is 6. The maximum absolute atomic E-state index is 12.3. The molecule has 2 fully saturated rings. The minimum atomic E-state index is -1.15. The van der Waals surface area contributed by atoms with E-state index in [9.17, 15) is 4.21 Å². The zero-order chi connectivity index (χ0) is 14.9. The van der Waals surface area contributed by atoms with Crippen molar-refractivity contribution in [3.05, 3.63) is 17.5 Å². The second-order valence-electron chi connectivity index (χ2n) is 6.03. The van der Waals surface area contributed by atoms with E-state index < -0.39 is 10.8 Å². The van der Waals surface area contributed by atoms with E-state index in [1.54, 1.807) is 4.68 Å². The van der Waals surface area contributed by atoms with Gasteiger partial charge in [0.25, 0.3) is 0 Å². The lowest BCUT2D eigenvalue weighted by Gasteiger charge is -2.01. The predicted molar refractivity (Wildman–Crippen MR) is 77.1 cm³/mol. The van der Waals surface area contributed by atoms with Crippen molar-refractivity contribution >= 4 is 10.8 Å². The zero-order valence-electron chi connectivity index (χ0n) is 12.2. The number of tetrazole rings is 1. The maximum atomic E-state index is 12.3. The van der Waals surface area contributed by atoms with Crippen LogP contribution >= 0.6 is 0 Å². The lowest BCUT2D eigenvalue weighted by molar-refractivity contribution is 0.380. The Morgan fingerprint density at radius 3 is 2.77 bits per heavy atom. The van der Waals surface area contributed by atoms with Gasteiger partial charge in [0.1, 0.15) is 5.75 Å². The third-order valence-corrected chi connectivity index (χ3v) is 5.38. The third kappa shape index (κ3) is 2.94. The fourth-order valence-electron chi connectivity index (χ4n) is 2.92. The average Bonchev–Trinajstić information content (AvgIpc) is 2.96. The molecule has 22 heavy (non-hydrogen) atoms. The number of aromatic nitrogens is 6. The zero-order valence-corrected chi connectivity index (χ0v) is 13.0. The Morgan fingerprint density at radius 2 is 2.00 bits per heavy atom. The summed E-state index contributed by atoms with van der Waals surface area (Å²) in [7, 11) is -1.15. The molecular formula is C13H18N6O2S. The van der Waals surface area contributed by atoms with Crippen molar-refractivity contribution in [2.75, 3.05) is 0 Å². The molecule has 1 atom stereocenters. The Labute approximate surface area is 130 Å². The molecule has 2 saturated carbocycles. The van der Waals surface area contributed by atoms with Gasteiger partial charge >= 0.3 is 0 Å². The van der Waals surface area contributed by atoms with Crippen molar-refractivity contribution < 1.29 is 8.73 Å². The summed E-state index contributed by atoms with van der Waals surface area (Å²) in [6.07, 6.45) is 6.89. The van der Waals surface area contributed by atoms with Crippen LogP contribution in [0.15, 0.2) is 4.52 Å². The van der Waals surface area contributed by atoms with Gasteiger partial charge in [-0.3, -0.25) is 4.21 Å². The monoisotopic (exact) mass is 322 g/mol. The molecule has 2 heterocycles. The van der Waals surface area contributed by atoms with Crippen LogP contribution in [0.4, 0.5) is 0 Å². The molecule has 0 saturated heterocycles. The molecule has 118 valence electrons. The molecule has 0 aromatic carbocycles. The van der Waals surface area contributed by atoms with Crippen LogP contribution in [-0.4, -0.2) is 34.6 Å². The minimum Gasteiger partial charge on any atom is -0.338 e. The SMILES string of the molecule is O=S(Cc1nc(C2CCCC2)no1)Cc1nnnn1C1CC1. The molecule has 8 nitrogen and oxygen atoms in total. The first-order chi connectivity index (χ1) is 10.8. The van der Waals surface area contributed by atoms with Gasteiger partial charge in [-0.05, 0) is 36.1 Å². The van der Waals surface area contributed by atoms with Gasteiger partial charge in [0, 0.05) is 16.7 Å². The van der Waals surface area contributed by atoms with Gasteiger partial charge in [-0.15, -0.1) is 5.10 Å². The molecule has 0 amide bonds. The van der Waals surface area contributed by atoms with E-state index in [1.807, 2.05) is 0 Å². The molecule has 2 aliphatic rings. The van der Waals surface area contributed by atoms with Crippen LogP contribution in [0.3, 0.4) is 0 Å². The second-order valence-corrected chi connectivity index (χ2v) is 7.48. The number of rotatable bonds is 6. The van der Waals surface area contributed by atoms with Gasteiger partial charge in [0.05, 0.1) is 11.8 Å². The Balaban J connectivity index is 1.38. The standard InChI is InChI=1S/C13H18N6O2S/c20-22(7-11-15-17-18-19(11)10-5-6-10)8-12-14-13(16-21-12)9-3-1-2-4-9/h9-10H,1-8H2. The summed E-state index contributed by atoms with van der Waals surface area (Å²) in [4.78, 5) is 4.40. The molecule has 0 spiro atoms. The smallest absolute Gasteiger partial charge is 0.239 e. The van der Waals surface area contributed by atoms with Gasteiger partial charge < -0.3 is 4.52 Å². The largest absolute Gasteiger partial charge is 0.338 e. The summed E-state index contributed by atoms with van der Waals surface area (Å²) in [5, 5.41) is 15.6. The lowest BCUT2D eigenvalue weighted by Crippen LogP contribution is -2.08. The van der Waals surface area contributed by atoms with E-state index in [0.29, 0.717) is 29.4 Å². The molecule has 0 bridgehead atoms. The Kier molecular flexibility index (Phi) is 3.73. The highest BCUT2D eigenvalue weighted by Gasteiger charge is 2.28. The fourth-order valence-corrected chi connectivity index (χ4v) is 3.89.